The molecule has 2 nitrogen and oxygen atoms in total. The number of fused-ring (bicyclic) bond motifs is 10. The zero-order valence-electron chi connectivity index (χ0n) is 49.0. The molecular weight excluding hydrogens is 1090 g/mol. The van der Waals surface area contributed by atoms with Gasteiger partial charge in [-0.1, -0.05) is 285 Å². The summed E-state index contributed by atoms with van der Waals surface area (Å²) in [7, 11) is 0. The second-order valence-corrected chi connectivity index (χ2v) is 23.7. The lowest BCUT2D eigenvalue weighted by Gasteiger charge is -2.20. The van der Waals surface area contributed by atoms with E-state index < -0.39 is 0 Å². The third kappa shape index (κ3) is 8.26. The van der Waals surface area contributed by atoms with Crippen LogP contribution in [0.4, 0.5) is 0 Å². The van der Waals surface area contributed by atoms with E-state index >= 15 is 0 Å². The molecule has 0 N–H and O–H groups in total. The van der Waals surface area contributed by atoms with Gasteiger partial charge in [0.1, 0.15) is 22.3 Å². The van der Waals surface area contributed by atoms with Gasteiger partial charge in [-0.2, -0.15) is 0 Å². The Morgan fingerprint density at radius 1 is 0.144 bits per heavy atom. The van der Waals surface area contributed by atoms with E-state index in [1.54, 1.807) is 0 Å². The fourth-order valence-electron chi connectivity index (χ4n) is 14.7. The quantitative estimate of drug-likeness (QED) is 0.135. The molecule has 2 heterocycles. The first-order chi connectivity index (χ1) is 44.7. The minimum atomic E-state index is 0.856. The van der Waals surface area contributed by atoms with E-state index in [-0.39, 0.29) is 0 Å². The third-order valence-electron chi connectivity index (χ3n) is 18.7. The van der Waals surface area contributed by atoms with Gasteiger partial charge in [-0.15, -0.1) is 0 Å². The van der Waals surface area contributed by atoms with E-state index in [4.69, 9.17) is 8.83 Å². The maximum atomic E-state index is 6.94. The van der Waals surface area contributed by atoms with E-state index in [2.05, 4.69) is 328 Å². The van der Waals surface area contributed by atoms with Crippen molar-refractivity contribution in [3.63, 3.8) is 0 Å². The molecular formula is C88H54O2. The normalized spacial score (nSPS) is 11.8. The summed E-state index contributed by atoms with van der Waals surface area (Å²) in [6, 6.07) is 119. The standard InChI is InChI=1S/C88H54O2/c1-5-22-55(23-6-1)56-42-44-57(45-43-56)61-48-51-78-77(52-61)86-73(37-20-39-79(86)89-78)85-71-35-18-15-32-68(71)83(60-28-11-4-12-29-60)76-54-62(47-50-72(76)85)64-49-46-63(53-75(64)58-24-7-2-8-25-58)65-36-19-40-80-87(65)88-74(38-21-41-81(88)90-80)84-69-33-16-13-30-66(69)82(59-26-9-3-10-27-59)67-31-14-17-34-70(67)84/h1-54H. The van der Waals surface area contributed by atoms with Crippen molar-refractivity contribution in [3.8, 4) is 100 Å². The van der Waals surface area contributed by atoms with E-state index in [1.165, 1.54) is 87.6 Å². The molecule has 0 atom stereocenters. The Bertz CT molecular complexity index is 5800. The molecule has 16 aromatic carbocycles. The van der Waals surface area contributed by atoms with Gasteiger partial charge in [0.2, 0.25) is 0 Å². The molecule has 2 aromatic heterocycles. The Morgan fingerprint density at radius 2 is 0.500 bits per heavy atom. The summed E-state index contributed by atoms with van der Waals surface area (Å²) in [6.45, 7) is 0. The predicted octanol–water partition coefficient (Wildman–Crippen LogP) is 25.1. The van der Waals surface area contributed by atoms with Crippen LogP contribution in [0.1, 0.15) is 0 Å². The Kier molecular flexibility index (Phi) is 12.0. The lowest BCUT2D eigenvalue weighted by molar-refractivity contribution is 0.668. The van der Waals surface area contributed by atoms with Crippen molar-refractivity contribution in [1.29, 1.82) is 0 Å². The minimum Gasteiger partial charge on any atom is -0.456 e. The Hall–Kier alpha value is -11.8. The SMILES string of the molecule is c1ccc(-c2ccc(-c3ccc4oc5cccc(-c6c7ccccc7c(-c7ccccc7)c7cc(-c8ccc(-c9cccc%10oc%11cccc(-c%12c%13ccccc%13c(-c%13ccccc%13)c%13ccccc%12%13)c%11c9%10)cc8-c8ccccc8)ccc67)c5c4c3)cc2)cc1. The smallest absolute Gasteiger partial charge is 0.136 e. The molecule has 0 fully saturated rings. The summed E-state index contributed by atoms with van der Waals surface area (Å²) in [5.41, 5.74) is 24.5. The van der Waals surface area contributed by atoms with Crippen molar-refractivity contribution in [2.75, 3.05) is 0 Å². The molecule has 90 heavy (non-hydrogen) atoms. The second-order valence-electron chi connectivity index (χ2n) is 23.7. The average molecular weight is 1140 g/mol. The van der Waals surface area contributed by atoms with Crippen LogP contribution in [0.15, 0.2) is 336 Å². The number of benzene rings is 16. The average Bonchev–Trinajstić information content (AvgIpc) is 1.24. The second kappa shape index (κ2) is 21.0. The van der Waals surface area contributed by atoms with Crippen LogP contribution in [-0.2, 0) is 0 Å². The van der Waals surface area contributed by atoms with Crippen LogP contribution < -0.4 is 0 Å². The van der Waals surface area contributed by atoms with Crippen molar-refractivity contribution in [2.45, 2.75) is 0 Å². The molecule has 0 saturated heterocycles. The van der Waals surface area contributed by atoms with Gasteiger partial charge in [0, 0.05) is 21.5 Å². The molecule has 0 aliphatic rings. The molecule has 0 aliphatic carbocycles. The van der Waals surface area contributed by atoms with Crippen molar-refractivity contribution in [3.05, 3.63) is 328 Å². The van der Waals surface area contributed by atoms with Crippen molar-refractivity contribution in [2.24, 2.45) is 0 Å². The lowest BCUT2D eigenvalue weighted by Crippen LogP contribution is -1.93. The van der Waals surface area contributed by atoms with E-state index in [1.807, 2.05) is 0 Å². The molecule has 0 bridgehead atoms. The largest absolute Gasteiger partial charge is 0.456 e. The third-order valence-corrected chi connectivity index (χ3v) is 18.7. The highest BCUT2D eigenvalue weighted by Crippen LogP contribution is 2.52. The van der Waals surface area contributed by atoms with Crippen LogP contribution >= 0.6 is 0 Å². The summed E-state index contributed by atoms with van der Waals surface area (Å²) >= 11 is 0. The zero-order chi connectivity index (χ0) is 59.2. The van der Waals surface area contributed by atoms with Crippen LogP contribution in [0.2, 0.25) is 0 Å². The topological polar surface area (TPSA) is 26.3 Å². The van der Waals surface area contributed by atoms with E-state index in [0.717, 1.165) is 99.5 Å². The molecule has 418 valence electrons. The maximum absolute atomic E-state index is 6.94. The molecule has 0 saturated carbocycles. The highest BCUT2D eigenvalue weighted by atomic mass is 16.3. The first-order valence-electron chi connectivity index (χ1n) is 31.0. The van der Waals surface area contributed by atoms with Crippen LogP contribution in [0.5, 0.6) is 0 Å². The first-order valence-corrected chi connectivity index (χ1v) is 31.0. The van der Waals surface area contributed by atoms with Crippen LogP contribution in [-0.4, -0.2) is 0 Å². The van der Waals surface area contributed by atoms with Crippen molar-refractivity contribution < 1.29 is 8.83 Å². The summed E-state index contributed by atoms with van der Waals surface area (Å²) < 4.78 is 13.7. The monoisotopic (exact) mass is 1140 g/mol. The number of rotatable bonds is 9. The molecule has 0 spiro atoms. The Morgan fingerprint density at radius 3 is 1.06 bits per heavy atom. The van der Waals surface area contributed by atoms with Crippen LogP contribution in [0.3, 0.4) is 0 Å². The highest BCUT2D eigenvalue weighted by molar-refractivity contribution is 6.29. The minimum absolute atomic E-state index is 0.856. The van der Waals surface area contributed by atoms with Gasteiger partial charge in [0.05, 0.1) is 0 Å². The van der Waals surface area contributed by atoms with Crippen LogP contribution in [0.25, 0.3) is 187 Å². The zero-order valence-corrected chi connectivity index (χ0v) is 49.0. The maximum Gasteiger partial charge on any atom is 0.136 e. The summed E-state index contributed by atoms with van der Waals surface area (Å²) in [4.78, 5) is 0. The molecule has 0 aliphatic heterocycles. The summed E-state index contributed by atoms with van der Waals surface area (Å²) in [5, 5.41) is 14.0. The summed E-state index contributed by atoms with van der Waals surface area (Å²) in [6.07, 6.45) is 0. The van der Waals surface area contributed by atoms with Crippen molar-refractivity contribution in [1.82, 2.24) is 0 Å². The number of hydrogen-bond donors (Lipinski definition) is 0. The van der Waals surface area contributed by atoms with Gasteiger partial charge in [0.25, 0.3) is 0 Å². The summed E-state index contributed by atoms with van der Waals surface area (Å²) in [5.74, 6) is 0. The Balaban J connectivity index is 0.835. The van der Waals surface area contributed by atoms with E-state index in [0.29, 0.717) is 0 Å². The molecule has 18 aromatic rings. The van der Waals surface area contributed by atoms with Gasteiger partial charge in [-0.05, 0) is 186 Å². The van der Waals surface area contributed by atoms with Gasteiger partial charge in [-0.3, -0.25) is 0 Å². The molecule has 0 amide bonds. The Labute approximate surface area is 520 Å². The van der Waals surface area contributed by atoms with Gasteiger partial charge in [0.15, 0.2) is 0 Å². The van der Waals surface area contributed by atoms with Crippen LogP contribution in [0, 0.1) is 0 Å². The van der Waals surface area contributed by atoms with Gasteiger partial charge >= 0.3 is 0 Å². The fraction of sp³-hybridized carbons (Fsp3) is 0. The van der Waals surface area contributed by atoms with E-state index in [9.17, 15) is 0 Å². The highest BCUT2D eigenvalue weighted by Gasteiger charge is 2.25. The van der Waals surface area contributed by atoms with Gasteiger partial charge < -0.3 is 8.83 Å². The molecule has 18 rings (SSSR count). The fourth-order valence-corrected chi connectivity index (χ4v) is 14.7. The number of furan rings is 2. The molecule has 0 radical (unpaired) electrons. The molecule has 0 unspecified atom stereocenters. The van der Waals surface area contributed by atoms with Crippen molar-refractivity contribution >= 4 is 87.0 Å². The predicted molar refractivity (Wildman–Crippen MR) is 380 cm³/mol. The van der Waals surface area contributed by atoms with Gasteiger partial charge in [-0.25, -0.2) is 0 Å². The lowest BCUT2D eigenvalue weighted by atomic mass is 9.83. The molecule has 2 heteroatoms. The number of hydrogen-bond acceptors (Lipinski definition) is 2. The first kappa shape index (κ1) is 51.4.